The fourth-order valence-corrected chi connectivity index (χ4v) is 1.43. The van der Waals surface area contributed by atoms with Gasteiger partial charge in [0, 0.05) is 5.25 Å². The summed E-state index contributed by atoms with van der Waals surface area (Å²) in [6.45, 7) is 2.73. The monoisotopic (exact) mass is 177 g/mol. The first kappa shape index (κ1) is 10.8. The SMILES string of the molecule is COC(=O)CSC(C)CCN. The van der Waals surface area contributed by atoms with Gasteiger partial charge in [0.1, 0.15) is 0 Å². The van der Waals surface area contributed by atoms with E-state index in [1.807, 2.05) is 0 Å². The number of rotatable bonds is 5. The van der Waals surface area contributed by atoms with E-state index in [4.69, 9.17) is 5.73 Å². The van der Waals surface area contributed by atoms with Gasteiger partial charge in [-0.25, -0.2) is 0 Å². The molecule has 66 valence electrons. The lowest BCUT2D eigenvalue weighted by Crippen LogP contribution is -2.11. The van der Waals surface area contributed by atoms with E-state index in [2.05, 4.69) is 11.7 Å². The molecule has 0 fully saturated rings. The first-order valence-electron chi connectivity index (χ1n) is 3.59. The van der Waals surface area contributed by atoms with E-state index in [0.29, 0.717) is 17.5 Å². The minimum absolute atomic E-state index is 0.168. The van der Waals surface area contributed by atoms with Crippen LogP contribution in [0.25, 0.3) is 0 Å². The first-order valence-corrected chi connectivity index (χ1v) is 4.64. The summed E-state index contributed by atoms with van der Waals surface area (Å²) in [5, 5.41) is 0.444. The molecule has 0 spiro atoms. The molecule has 1 unspecified atom stereocenters. The fourth-order valence-electron chi connectivity index (χ4n) is 0.587. The Morgan fingerprint density at radius 2 is 2.36 bits per heavy atom. The van der Waals surface area contributed by atoms with Crippen LogP contribution in [0, 0.1) is 0 Å². The molecule has 0 saturated heterocycles. The van der Waals surface area contributed by atoms with Crippen LogP contribution in [0.4, 0.5) is 0 Å². The van der Waals surface area contributed by atoms with Crippen LogP contribution < -0.4 is 5.73 Å². The standard InChI is InChI=1S/C7H15NO2S/c1-6(3-4-8)11-5-7(9)10-2/h6H,3-5,8H2,1-2H3. The average Bonchev–Trinajstić information content (AvgIpc) is 2.01. The molecule has 0 aromatic heterocycles. The molecule has 0 heterocycles. The molecule has 0 aromatic rings. The van der Waals surface area contributed by atoms with Gasteiger partial charge in [-0.1, -0.05) is 6.92 Å². The van der Waals surface area contributed by atoms with Crippen LogP contribution in [0.2, 0.25) is 0 Å². The van der Waals surface area contributed by atoms with Crippen molar-refractivity contribution in [2.24, 2.45) is 5.73 Å². The largest absolute Gasteiger partial charge is 0.468 e. The number of carbonyl (C=O) groups is 1. The molecule has 1 atom stereocenters. The lowest BCUT2D eigenvalue weighted by Gasteiger charge is -2.07. The van der Waals surface area contributed by atoms with Crippen LogP contribution in [0.5, 0.6) is 0 Å². The summed E-state index contributed by atoms with van der Waals surface area (Å²) in [4.78, 5) is 10.6. The van der Waals surface area contributed by atoms with Crippen molar-refractivity contribution in [3.05, 3.63) is 0 Å². The number of nitrogens with two attached hydrogens (primary N) is 1. The molecule has 0 aliphatic heterocycles. The number of methoxy groups -OCH3 is 1. The normalized spacial score (nSPS) is 12.6. The highest BCUT2D eigenvalue weighted by molar-refractivity contribution is 8.00. The number of esters is 1. The average molecular weight is 177 g/mol. The van der Waals surface area contributed by atoms with Gasteiger partial charge in [-0.05, 0) is 13.0 Å². The smallest absolute Gasteiger partial charge is 0.315 e. The molecule has 0 bridgehead atoms. The highest BCUT2D eigenvalue weighted by Crippen LogP contribution is 2.12. The van der Waals surface area contributed by atoms with Crippen molar-refractivity contribution >= 4 is 17.7 Å². The molecule has 3 nitrogen and oxygen atoms in total. The number of carbonyl (C=O) groups excluding carboxylic acids is 1. The predicted molar refractivity (Wildman–Crippen MR) is 47.6 cm³/mol. The number of ether oxygens (including phenoxy) is 1. The van der Waals surface area contributed by atoms with Crippen LogP contribution in [0.15, 0.2) is 0 Å². The molecular formula is C7H15NO2S. The van der Waals surface area contributed by atoms with Crippen molar-refractivity contribution in [1.82, 2.24) is 0 Å². The number of thioether (sulfide) groups is 1. The van der Waals surface area contributed by atoms with E-state index >= 15 is 0 Å². The van der Waals surface area contributed by atoms with E-state index in [0.717, 1.165) is 6.42 Å². The molecule has 0 aromatic carbocycles. The Kier molecular flexibility index (Phi) is 6.36. The molecule has 4 heteroatoms. The van der Waals surface area contributed by atoms with Gasteiger partial charge in [-0.15, -0.1) is 11.8 Å². The quantitative estimate of drug-likeness (QED) is 0.626. The Balaban J connectivity index is 3.29. The third-order valence-electron chi connectivity index (χ3n) is 1.29. The lowest BCUT2D eigenvalue weighted by molar-refractivity contribution is -0.137. The third-order valence-corrected chi connectivity index (χ3v) is 2.49. The van der Waals surface area contributed by atoms with E-state index in [1.54, 1.807) is 11.8 Å². The maximum atomic E-state index is 10.6. The molecular weight excluding hydrogens is 162 g/mol. The van der Waals surface area contributed by atoms with E-state index in [-0.39, 0.29) is 5.97 Å². The summed E-state index contributed by atoms with van der Waals surface area (Å²) in [7, 11) is 1.40. The fraction of sp³-hybridized carbons (Fsp3) is 0.857. The van der Waals surface area contributed by atoms with Gasteiger partial charge in [0.25, 0.3) is 0 Å². The second kappa shape index (κ2) is 6.49. The Morgan fingerprint density at radius 1 is 1.73 bits per heavy atom. The molecule has 0 radical (unpaired) electrons. The minimum atomic E-state index is -0.168. The summed E-state index contributed by atoms with van der Waals surface area (Å²) in [5.74, 6) is 0.261. The number of hydrogen-bond acceptors (Lipinski definition) is 4. The van der Waals surface area contributed by atoms with E-state index in [1.165, 1.54) is 7.11 Å². The summed E-state index contributed by atoms with van der Waals surface area (Å²) >= 11 is 1.58. The van der Waals surface area contributed by atoms with Crippen molar-refractivity contribution in [2.75, 3.05) is 19.4 Å². The molecule has 0 aliphatic carbocycles. The van der Waals surface area contributed by atoms with Crippen molar-refractivity contribution in [1.29, 1.82) is 0 Å². The second-order valence-corrected chi connectivity index (χ2v) is 3.70. The molecule has 11 heavy (non-hydrogen) atoms. The van der Waals surface area contributed by atoms with E-state index < -0.39 is 0 Å². The zero-order valence-electron chi connectivity index (χ0n) is 7.00. The topological polar surface area (TPSA) is 52.3 Å². The van der Waals surface area contributed by atoms with Gasteiger partial charge in [0.2, 0.25) is 0 Å². The van der Waals surface area contributed by atoms with Crippen molar-refractivity contribution in [3.63, 3.8) is 0 Å². The van der Waals surface area contributed by atoms with Crippen molar-refractivity contribution in [2.45, 2.75) is 18.6 Å². The van der Waals surface area contributed by atoms with Gasteiger partial charge in [-0.2, -0.15) is 0 Å². The van der Waals surface area contributed by atoms with Gasteiger partial charge in [0.15, 0.2) is 0 Å². The highest BCUT2D eigenvalue weighted by atomic mass is 32.2. The zero-order valence-corrected chi connectivity index (χ0v) is 7.82. The molecule has 0 amide bonds. The Morgan fingerprint density at radius 3 is 2.82 bits per heavy atom. The van der Waals surface area contributed by atoms with Crippen molar-refractivity contribution < 1.29 is 9.53 Å². The summed E-state index contributed by atoms with van der Waals surface area (Å²) in [6, 6.07) is 0. The summed E-state index contributed by atoms with van der Waals surface area (Å²) in [5.41, 5.74) is 5.34. The summed E-state index contributed by atoms with van der Waals surface area (Å²) < 4.78 is 4.49. The van der Waals surface area contributed by atoms with Crippen LogP contribution in [0.1, 0.15) is 13.3 Å². The van der Waals surface area contributed by atoms with E-state index in [9.17, 15) is 4.79 Å². The van der Waals surface area contributed by atoms with Crippen LogP contribution >= 0.6 is 11.8 Å². The Bertz CT molecular complexity index is 119. The molecule has 0 aliphatic rings. The van der Waals surface area contributed by atoms with Crippen LogP contribution in [0.3, 0.4) is 0 Å². The van der Waals surface area contributed by atoms with Crippen LogP contribution in [-0.2, 0) is 9.53 Å². The second-order valence-electron chi connectivity index (χ2n) is 2.28. The maximum Gasteiger partial charge on any atom is 0.315 e. The van der Waals surface area contributed by atoms with Crippen molar-refractivity contribution in [3.8, 4) is 0 Å². The maximum absolute atomic E-state index is 10.6. The summed E-state index contributed by atoms with van der Waals surface area (Å²) in [6.07, 6.45) is 0.946. The first-order chi connectivity index (χ1) is 5.20. The third kappa shape index (κ3) is 6.19. The molecule has 2 N–H and O–H groups in total. The predicted octanol–water partition coefficient (Wildman–Crippen LogP) is 0.630. The lowest BCUT2D eigenvalue weighted by atomic mass is 10.3. The Labute approximate surface area is 71.7 Å². The van der Waals surface area contributed by atoms with Gasteiger partial charge in [0.05, 0.1) is 12.9 Å². The molecule has 0 rings (SSSR count). The minimum Gasteiger partial charge on any atom is -0.468 e. The Hall–Kier alpha value is -0.220. The van der Waals surface area contributed by atoms with Gasteiger partial charge < -0.3 is 10.5 Å². The zero-order chi connectivity index (χ0) is 8.69. The van der Waals surface area contributed by atoms with Crippen LogP contribution in [-0.4, -0.2) is 30.6 Å². The number of hydrogen-bond donors (Lipinski definition) is 1. The highest BCUT2D eigenvalue weighted by Gasteiger charge is 2.05. The van der Waals surface area contributed by atoms with Gasteiger partial charge >= 0.3 is 5.97 Å². The van der Waals surface area contributed by atoms with Gasteiger partial charge in [-0.3, -0.25) is 4.79 Å². The molecule has 0 saturated carbocycles.